The lowest BCUT2D eigenvalue weighted by Gasteiger charge is -2.22. The first-order chi connectivity index (χ1) is 19.8. The Balaban J connectivity index is 1.35. The molecule has 1 aliphatic rings. The number of ether oxygens (including phenoxy) is 1. The molecule has 0 aliphatic carbocycles. The Morgan fingerprint density at radius 3 is 2.20 bits per heavy atom. The summed E-state index contributed by atoms with van der Waals surface area (Å²) in [6.07, 6.45) is 0. The van der Waals surface area contributed by atoms with Crippen LogP contribution in [-0.4, -0.2) is 4.57 Å². The van der Waals surface area contributed by atoms with E-state index in [1.807, 2.05) is 12.1 Å². The first-order valence-corrected chi connectivity index (χ1v) is 13.7. The van der Waals surface area contributed by atoms with E-state index in [0.717, 1.165) is 17.1 Å². The lowest BCUT2D eigenvalue weighted by Crippen LogP contribution is -1.97. The zero-order valence-electron chi connectivity index (χ0n) is 21.6. The third-order valence-corrected chi connectivity index (χ3v) is 8.38. The Kier molecular flexibility index (Phi) is 4.36. The van der Waals surface area contributed by atoms with Gasteiger partial charge in [-0.3, -0.25) is 0 Å². The fourth-order valence-corrected chi connectivity index (χ4v) is 6.63. The van der Waals surface area contributed by atoms with Gasteiger partial charge in [0.1, 0.15) is 11.5 Å². The highest BCUT2D eigenvalue weighted by atomic mass is 16.5. The number of hydrogen-bond acceptors (Lipinski definition) is 1. The van der Waals surface area contributed by atoms with Crippen LogP contribution in [0.15, 0.2) is 140 Å². The summed E-state index contributed by atoms with van der Waals surface area (Å²) in [4.78, 5) is 0. The molecule has 2 heteroatoms. The molecule has 1 aliphatic heterocycles. The van der Waals surface area contributed by atoms with Gasteiger partial charge in [-0.2, -0.15) is 0 Å². The first-order valence-electron chi connectivity index (χ1n) is 13.7. The lowest BCUT2D eigenvalue weighted by molar-refractivity contribution is 0.487. The maximum Gasteiger partial charge on any atom is 0.135 e. The number of benzene rings is 7. The van der Waals surface area contributed by atoms with Crippen LogP contribution in [0, 0.1) is 0 Å². The molecule has 0 spiro atoms. The molecule has 186 valence electrons. The number of rotatable bonds is 2. The summed E-state index contributed by atoms with van der Waals surface area (Å²) in [5, 5.41) is 7.42. The van der Waals surface area contributed by atoms with Gasteiger partial charge in [-0.15, -0.1) is 0 Å². The van der Waals surface area contributed by atoms with Crippen molar-refractivity contribution in [1.29, 1.82) is 0 Å². The molecule has 2 heterocycles. The predicted molar refractivity (Wildman–Crippen MR) is 167 cm³/mol. The summed E-state index contributed by atoms with van der Waals surface area (Å²) in [7, 11) is 0. The highest BCUT2D eigenvalue weighted by molar-refractivity contribution is 6.19. The molecule has 1 aromatic heterocycles. The van der Waals surface area contributed by atoms with Crippen molar-refractivity contribution in [1.82, 2.24) is 4.57 Å². The number of hydrogen-bond donors (Lipinski definition) is 0. The average Bonchev–Trinajstić information content (AvgIpc) is 3.36. The van der Waals surface area contributed by atoms with E-state index in [2.05, 4.69) is 132 Å². The van der Waals surface area contributed by atoms with Gasteiger partial charge in [0.25, 0.3) is 0 Å². The van der Waals surface area contributed by atoms with Crippen molar-refractivity contribution in [2.24, 2.45) is 0 Å². The van der Waals surface area contributed by atoms with E-state index in [1.165, 1.54) is 65.7 Å². The SMILES string of the molecule is c1ccc(-n2c3ccc(-c4ccc5c6c(cccc46)-c4ccccc4O5)cc3c3ccc4ccccc4c32)cc1. The minimum Gasteiger partial charge on any atom is -0.456 e. The van der Waals surface area contributed by atoms with Gasteiger partial charge in [0.2, 0.25) is 0 Å². The topological polar surface area (TPSA) is 14.2 Å². The van der Waals surface area contributed by atoms with Crippen molar-refractivity contribution in [2.45, 2.75) is 0 Å². The first kappa shape index (κ1) is 21.6. The van der Waals surface area contributed by atoms with Gasteiger partial charge >= 0.3 is 0 Å². The van der Waals surface area contributed by atoms with E-state index < -0.39 is 0 Å². The second kappa shape index (κ2) is 8.08. The van der Waals surface area contributed by atoms with Crippen molar-refractivity contribution in [3.8, 4) is 39.4 Å². The summed E-state index contributed by atoms with van der Waals surface area (Å²) in [6.45, 7) is 0. The van der Waals surface area contributed by atoms with Gasteiger partial charge in [-0.1, -0.05) is 103 Å². The second-order valence-corrected chi connectivity index (χ2v) is 10.5. The van der Waals surface area contributed by atoms with Crippen molar-refractivity contribution in [3.05, 3.63) is 140 Å². The molecule has 2 nitrogen and oxygen atoms in total. The molecule has 9 rings (SSSR count). The minimum atomic E-state index is 0.914. The third kappa shape index (κ3) is 2.93. The molecule has 0 fully saturated rings. The lowest BCUT2D eigenvalue weighted by atomic mass is 9.90. The molecular formula is C38H23NO. The second-order valence-electron chi connectivity index (χ2n) is 10.5. The Morgan fingerprint density at radius 1 is 0.450 bits per heavy atom. The average molecular weight is 510 g/mol. The van der Waals surface area contributed by atoms with Crippen LogP contribution >= 0.6 is 0 Å². The summed E-state index contributed by atoms with van der Waals surface area (Å²) >= 11 is 0. The maximum atomic E-state index is 6.36. The Hall–Kier alpha value is -5.34. The fourth-order valence-electron chi connectivity index (χ4n) is 6.63. The maximum absolute atomic E-state index is 6.36. The monoisotopic (exact) mass is 509 g/mol. The normalized spacial score (nSPS) is 12.2. The van der Waals surface area contributed by atoms with E-state index in [4.69, 9.17) is 4.74 Å². The van der Waals surface area contributed by atoms with E-state index >= 15 is 0 Å². The van der Waals surface area contributed by atoms with Gasteiger partial charge in [-0.25, -0.2) is 0 Å². The zero-order chi connectivity index (χ0) is 26.2. The van der Waals surface area contributed by atoms with Gasteiger partial charge in [0.15, 0.2) is 0 Å². The van der Waals surface area contributed by atoms with E-state index in [9.17, 15) is 0 Å². The van der Waals surface area contributed by atoms with E-state index in [-0.39, 0.29) is 0 Å². The number of fused-ring (bicyclic) bond motifs is 7. The molecule has 0 saturated heterocycles. The quantitative estimate of drug-likeness (QED) is 0.226. The fraction of sp³-hybridized carbons (Fsp3) is 0. The van der Waals surface area contributed by atoms with Crippen LogP contribution in [0.4, 0.5) is 0 Å². The van der Waals surface area contributed by atoms with Crippen LogP contribution in [-0.2, 0) is 0 Å². The van der Waals surface area contributed by atoms with Gasteiger partial charge in [0.05, 0.1) is 11.0 Å². The summed E-state index contributed by atoms with van der Waals surface area (Å²) in [5.74, 6) is 1.83. The zero-order valence-corrected chi connectivity index (χ0v) is 21.6. The highest BCUT2D eigenvalue weighted by Crippen LogP contribution is 2.49. The Morgan fingerprint density at radius 2 is 1.25 bits per heavy atom. The Labute approximate surface area is 231 Å². The molecule has 0 radical (unpaired) electrons. The minimum absolute atomic E-state index is 0.914. The highest BCUT2D eigenvalue weighted by Gasteiger charge is 2.22. The molecule has 0 atom stereocenters. The molecule has 8 aromatic rings. The third-order valence-electron chi connectivity index (χ3n) is 8.38. The Bertz CT molecular complexity index is 2290. The molecule has 7 aromatic carbocycles. The van der Waals surface area contributed by atoms with Gasteiger partial charge in [0, 0.05) is 32.8 Å². The van der Waals surface area contributed by atoms with Crippen LogP contribution in [0.25, 0.3) is 71.3 Å². The molecule has 0 bridgehead atoms. The van der Waals surface area contributed by atoms with E-state index in [0.29, 0.717) is 0 Å². The van der Waals surface area contributed by atoms with Crippen molar-refractivity contribution < 1.29 is 4.74 Å². The number of aromatic nitrogens is 1. The molecule has 0 saturated carbocycles. The van der Waals surface area contributed by atoms with Crippen molar-refractivity contribution >= 4 is 43.4 Å². The van der Waals surface area contributed by atoms with Crippen LogP contribution in [0.3, 0.4) is 0 Å². The smallest absolute Gasteiger partial charge is 0.135 e. The molecule has 0 unspecified atom stereocenters. The molecule has 40 heavy (non-hydrogen) atoms. The molecule has 0 N–H and O–H groups in total. The van der Waals surface area contributed by atoms with Gasteiger partial charge < -0.3 is 9.30 Å². The van der Waals surface area contributed by atoms with E-state index in [1.54, 1.807) is 0 Å². The van der Waals surface area contributed by atoms with Crippen LogP contribution in [0.5, 0.6) is 11.5 Å². The summed E-state index contributed by atoms with van der Waals surface area (Å²) in [5.41, 5.74) is 8.42. The number of nitrogens with zero attached hydrogens (tertiary/aromatic N) is 1. The van der Waals surface area contributed by atoms with Crippen LogP contribution in [0.2, 0.25) is 0 Å². The summed E-state index contributed by atoms with van der Waals surface area (Å²) < 4.78 is 8.77. The van der Waals surface area contributed by atoms with Crippen molar-refractivity contribution in [2.75, 3.05) is 0 Å². The predicted octanol–water partition coefficient (Wildman–Crippen LogP) is 10.5. The number of para-hydroxylation sites is 2. The van der Waals surface area contributed by atoms with Gasteiger partial charge in [-0.05, 0) is 63.9 Å². The van der Waals surface area contributed by atoms with Crippen LogP contribution < -0.4 is 4.74 Å². The molecule has 0 amide bonds. The standard InChI is InChI=1S/C38H23NO/c1-2-10-26(11-3-1)39-34-21-18-25(23-33(34)32-19-17-24-9-4-5-12-28(24)38(32)39)27-20-22-36-37-30(27)14-8-15-31(37)29-13-6-7-16-35(29)40-36/h1-23H. The van der Waals surface area contributed by atoms with Crippen LogP contribution in [0.1, 0.15) is 0 Å². The summed E-state index contributed by atoms with van der Waals surface area (Å²) in [6, 6.07) is 50.1. The molecular weight excluding hydrogens is 486 g/mol. The van der Waals surface area contributed by atoms with Crippen molar-refractivity contribution in [3.63, 3.8) is 0 Å². The largest absolute Gasteiger partial charge is 0.456 e.